The van der Waals surface area contributed by atoms with Gasteiger partial charge in [0.05, 0.1) is 25.3 Å². The van der Waals surface area contributed by atoms with E-state index in [1.807, 2.05) is 78.5 Å². The molecular formula is C33H25Cl2N5O2. The van der Waals surface area contributed by atoms with E-state index in [1.54, 1.807) is 44.0 Å². The van der Waals surface area contributed by atoms with Gasteiger partial charge in [-0.3, -0.25) is 9.79 Å². The van der Waals surface area contributed by atoms with Crippen molar-refractivity contribution in [3.05, 3.63) is 147 Å². The van der Waals surface area contributed by atoms with E-state index in [4.69, 9.17) is 32.9 Å². The molecule has 6 aromatic rings. The number of aromatic nitrogens is 4. The third-order valence-corrected chi connectivity index (χ3v) is 7.71. The first kappa shape index (κ1) is 27.4. The predicted molar refractivity (Wildman–Crippen MR) is 168 cm³/mol. The van der Waals surface area contributed by atoms with Gasteiger partial charge in [-0.2, -0.15) is 0 Å². The molecule has 0 saturated carbocycles. The van der Waals surface area contributed by atoms with Crippen LogP contribution in [0.15, 0.2) is 113 Å². The molecule has 42 heavy (non-hydrogen) atoms. The maximum atomic E-state index is 12.7. The molecule has 9 heteroatoms. The van der Waals surface area contributed by atoms with Crippen molar-refractivity contribution in [2.24, 2.45) is 12.0 Å². The molecule has 0 saturated heterocycles. The minimum absolute atomic E-state index is 0.206. The lowest BCUT2D eigenvalue weighted by Gasteiger charge is -2.31. The molecule has 3 heterocycles. The number of aromatic amines is 1. The lowest BCUT2D eigenvalue weighted by molar-refractivity contribution is 0.415. The van der Waals surface area contributed by atoms with Gasteiger partial charge < -0.3 is 14.3 Å². The number of aliphatic imine (C=N–C) groups is 1. The van der Waals surface area contributed by atoms with Crippen LogP contribution in [0.2, 0.25) is 10.2 Å². The van der Waals surface area contributed by atoms with E-state index in [1.165, 1.54) is 0 Å². The maximum absolute atomic E-state index is 12.7. The van der Waals surface area contributed by atoms with Crippen LogP contribution in [0.3, 0.4) is 0 Å². The van der Waals surface area contributed by atoms with Crippen LogP contribution in [0.4, 0.5) is 0 Å². The highest BCUT2D eigenvalue weighted by molar-refractivity contribution is 6.31. The molecule has 0 aliphatic carbocycles. The Kier molecular flexibility index (Phi) is 7.37. The average Bonchev–Trinajstić information content (AvgIpc) is 3.44. The number of nitrogens with one attached hydrogen (secondary N) is 1. The van der Waals surface area contributed by atoms with Gasteiger partial charge in [-0.25, -0.2) is 9.97 Å². The number of ether oxygens (including phenoxy) is 1. The van der Waals surface area contributed by atoms with Crippen molar-refractivity contribution in [2.45, 2.75) is 5.54 Å². The number of hydrogen-bond acceptors (Lipinski definition) is 5. The number of aryl methyl sites for hydroxylation is 1. The summed E-state index contributed by atoms with van der Waals surface area (Å²) >= 11 is 12.6. The molecule has 1 unspecified atom stereocenters. The van der Waals surface area contributed by atoms with Crippen LogP contribution >= 0.6 is 23.2 Å². The van der Waals surface area contributed by atoms with E-state index in [0.29, 0.717) is 15.7 Å². The standard InChI is InChI=1S/C33H25Cl2N5O2/c1-40-20-36-19-30(40)33(24-9-13-31(35)37-18-24,38-17-21-6-10-26(42-2)11-7-21)23-8-12-29-28(15-23)27(16-32(41)39-29)22-4-3-5-25(34)14-22/h3-20H,1-2H3,(H,39,41)/b38-17+. The Hall–Kier alpha value is -4.72. The van der Waals surface area contributed by atoms with Crippen LogP contribution in [0, 0.1) is 0 Å². The van der Waals surface area contributed by atoms with Crippen LogP contribution < -0.4 is 10.3 Å². The second-order valence-electron chi connectivity index (χ2n) is 9.82. The zero-order valence-corrected chi connectivity index (χ0v) is 24.3. The fourth-order valence-corrected chi connectivity index (χ4v) is 5.51. The van der Waals surface area contributed by atoms with Gasteiger partial charge in [-0.05, 0) is 76.9 Å². The Bertz CT molecular complexity index is 1980. The van der Waals surface area contributed by atoms with Crippen LogP contribution in [-0.2, 0) is 12.6 Å². The van der Waals surface area contributed by atoms with Gasteiger partial charge in [-0.1, -0.05) is 47.5 Å². The first-order valence-corrected chi connectivity index (χ1v) is 13.8. The molecule has 0 aliphatic rings. The number of halogens is 2. The minimum atomic E-state index is -1.08. The molecule has 1 atom stereocenters. The Morgan fingerprint density at radius 3 is 2.45 bits per heavy atom. The molecule has 0 fully saturated rings. The second kappa shape index (κ2) is 11.3. The normalized spacial score (nSPS) is 13.0. The fourth-order valence-electron chi connectivity index (χ4n) is 5.21. The molecule has 0 spiro atoms. The van der Waals surface area contributed by atoms with Gasteiger partial charge in [0.15, 0.2) is 5.54 Å². The summed E-state index contributed by atoms with van der Waals surface area (Å²) in [6.45, 7) is 0. The molecule has 0 bridgehead atoms. The monoisotopic (exact) mass is 593 g/mol. The summed E-state index contributed by atoms with van der Waals surface area (Å²) in [5.74, 6) is 0.754. The number of H-pyrrole nitrogens is 1. The Morgan fingerprint density at radius 2 is 1.76 bits per heavy atom. The molecule has 7 nitrogen and oxygen atoms in total. The molecular weight excluding hydrogens is 569 g/mol. The fraction of sp³-hybridized carbons (Fsp3) is 0.0909. The molecule has 6 rings (SSSR count). The van der Waals surface area contributed by atoms with Crippen molar-refractivity contribution in [1.82, 2.24) is 19.5 Å². The summed E-state index contributed by atoms with van der Waals surface area (Å²) in [4.78, 5) is 29.8. The van der Waals surface area contributed by atoms with Crippen molar-refractivity contribution in [3.8, 4) is 16.9 Å². The van der Waals surface area contributed by atoms with Crippen LogP contribution in [-0.4, -0.2) is 32.8 Å². The smallest absolute Gasteiger partial charge is 0.249 e. The van der Waals surface area contributed by atoms with Crippen molar-refractivity contribution in [1.29, 1.82) is 0 Å². The van der Waals surface area contributed by atoms with Gasteiger partial charge in [0, 0.05) is 47.0 Å². The lowest BCUT2D eigenvalue weighted by Crippen LogP contribution is -2.30. The summed E-state index contributed by atoms with van der Waals surface area (Å²) in [6, 6.07) is 26.3. The van der Waals surface area contributed by atoms with E-state index in [-0.39, 0.29) is 5.56 Å². The predicted octanol–water partition coefficient (Wildman–Crippen LogP) is 7.05. The van der Waals surface area contributed by atoms with Gasteiger partial charge in [-0.15, -0.1) is 0 Å². The quantitative estimate of drug-likeness (QED) is 0.159. The number of rotatable bonds is 7. The highest BCUT2D eigenvalue weighted by Gasteiger charge is 2.39. The molecule has 1 N–H and O–H groups in total. The van der Waals surface area contributed by atoms with Crippen LogP contribution in [0.1, 0.15) is 22.4 Å². The average molecular weight is 595 g/mol. The molecule has 3 aromatic heterocycles. The van der Waals surface area contributed by atoms with Crippen LogP contribution in [0.5, 0.6) is 5.75 Å². The number of pyridine rings is 2. The first-order valence-electron chi connectivity index (χ1n) is 13.1. The third-order valence-electron chi connectivity index (χ3n) is 7.25. The Balaban J connectivity index is 1.66. The third kappa shape index (κ3) is 5.09. The molecule has 0 aliphatic heterocycles. The van der Waals surface area contributed by atoms with Gasteiger partial charge >= 0.3 is 0 Å². The first-order chi connectivity index (χ1) is 20.4. The number of methoxy groups -OCH3 is 1. The Morgan fingerprint density at radius 1 is 0.952 bits per heavy atom. The lowest BCUT2D eigenvalue weighted by atomic mass is 9.80. The second-order valence-corrected chi connectivity index (χ2v) is 10.6. The zero-order valence-electron chi connectivity index (χ0n) is 22.8. The number of fused-ring (bicyclic) bond motifs is 1. The van der Waals surface area contributed by atoms with E-state index < -0.39 is 5.54 Å². The summed E-state index contributed by atoms with van der Waals surface area (Å²) in [7, 11) is 3.56. The summed E-state index contributed by atoms with van der Waals surface area (Å²) in [5.41, 5.74) is 4.30. The highest BCUT2D eigenvalue weighted by Crippen LogP contribution is 2.42. The summed E-state index contributed by atoms with van der Waals surface area (Å²) in [6.07, 6.45) is 7.10. The van der Waals surface area contributed by atoms with Crippen molar-refractivity contribution in [2.75, 3.05) is 7.11 Å². The van der Waals surface area contributed by atoms with Crippen molar-refractivity contribution < 1.29 is 4.74 Å². The molecule has 0 amide bonds. The Labute approximate surface area is 252 Å². The highest BCUT2D eigenvalue weighted by atomic mass is 35.5. The summed E-state index contributed by atoms with van der Waals surface area (Å²) < 4.78 is 7.27. The van der Waals surface area contributed by atoms with E-state index in [0.717, 1.165) is 44.6 Å². The van der Waals surface area contributed by atoms with Gasteiger partial charge in [0.2, 0.25) is 5.56 Å². The van der Waals surface area contributed by atoms with Crippen LogP contribution in [0.25, 0.3) is 22.0 Å². The number of hydrogen-bond donors (Lipinski definition) is 1. The number of benzene rings is 3. The van der Waals surface area contributed by atoms with E-state index in [2.05, 4.69) is 21.0 Å². The largest absolute Gasteiger partial charge is 0.497 e. The van der Waals surface area contributed by atoms with Crippen molar-refractivity contribution in [3.63, 3.8) is 0 Å². The zero-order chi connectivity index (χ0) is 29.3. The number of nitrogens with zero attached hydrogens (tertiary/aromatic N) is 4. The summed E-state index contributed by atoms with van der Waals surface area (Å²) in [5, 5.41) is 1.79. The maximum Gasteiger partial charge on any atom is 0.249 e. The SMILES string of the molecule is COc1ccc(/C=N/C(c2ccc(Cl)nc2)(c2ccc3[nH]c(=O)cc(-c4cccc(Cl)c4)c3c2)c2cncn2C)cc1. The van der Waals surface area contributed by atoms with Crippen molar-refractivity contribution >= 4 is 40.3 Å². The van der Waals surface area contributed by atoms with Gasteiger partial charge in [0.25, 0.3) is 0 Å². The number of imidazole rings is 1. The molecule has 0 radical (unpaired) electrons. The molecule has 3 aromatic carbocycles. The minimum Gasteiger partial charge on any atom is -0.497 e. The van der Waals surface area contributed by atoms with E-state index in [9.17, 15) is 4.79 Å². The molecule has 208 valence electrons. The van der Waals surface area contributed by atoms with Gasteiger partial charge in [0.1, 0.15) is 10.9 Å². The van der Waals surface area contributed by atoms with E-state index >= 15 is 0 Å². The topological polar surface area (TPSA) is 85.2 Å².